The van der Waals surface area contributed by atoms with E-state index in [4.69, 9.17) is 15.2 Å². The Morgan fingerprint density at radius 2 is 1.79 bits per heavy atom. The zero-order valence-corrected chi connectivity index (χ0v) is 11.3. The molecule has 0 aliphatic carbocycles. The van der Waals surface area contributed by atoms with E-state index in [9.17, 15) is 0 Å². The largest absolute Gasteiger partial charge is 0.493 e. The molecule has 3 heteroatoms. The molecule has 2 rings (SSSR count). The number of nitrogens with two attached hydrogens (primary N) is 1. The topological polar surface area (TPSA) is 44.5 Å². The molecule has 0 atom stereocenters. The fraction of sp³-hybridized carbons (Fsp3) is 0.250. The fourth-order valence-corrected chi connectivity index (χ4v) is 1.94. The molecular weight excluding hydrogens is 238 g/mol. The van der Waals surface area contributed by atoms with Crippen LogP contribution in [0.3, 0.4) is 0 Å². The van der Waals surface area contributed by atoms with Crippen molar-refractivity contribution < 1.29 is 9.47 Å². The van der Waals surface area contributed by atoms with Gasteiger partial charge in [-0.2, -0.15) is 0 Å². The molecule has 2 aromatic carbocycles. The second-order valence-electron chi connectivity index (χ2n) is 4.40. The highest BCUT2D eigenvalue weighted by Crippen LogP contribution is 2.27. The zero-order valence-electron chi connectivity index (χ0n) is 11.3. The van der Waals surface area contributed by atoms with Crippen LogP contribution in [0.5, 0.6) is 11.5 Å². The van der Waals surface area contributed by atoms with Gasteiger partial charge in [-0.1, -0.05) is 30.3 Å². The van der Waals surface area contributed by atoms with Crippen molar-refractivity contribution in [2.45, 2.75) is 20.1 Å². The molecule has 0 heterocycles. The molecule has 0 saturated heterocycles. The monoisotopic (exact) mass is 257 g/mol. The number of hydrogen-bond acceptors (Lipinski definition) is 3. The van der Waals surface area contributed by atoms with Gasteiger partial charge in [0.25, 0.3) is 0 Å². The van der Waals surface area contributed by atoms with Gasteiger partial charge in [0.2, 0.25) is 0 Å². The first-order chi connectivity index (χ1) is 9.24. The molecule has 0 amide bonds. The number of aryl methyl sites for hydroxylation is 1. The van der Waals surface area contributed by atoms with Crippen LogP contribution in [0.25, 0.3) is 0 Å². The number of benzene rings is 2. The Morgan fingerprint density at radius 1 is 1.05 bits per heavy atom. The van der Waals surface area contributed by atoms with Crippen LogP contribution in [-0.4, -0.2) is 7.11 Å². The van der Waals surface area contributed by atoms with Crippen molar-refractivity contribution in [3.05, 3.63) is 59.2 Å². The van der Waals surface area contributed by atoms with Crippen LogP contribution < -0.4 is 15.2 Å². The zero-order chi connectivity index (χ0) is 13.7. The summed E-state index contributed by atoms with van der Waals surface area (Å²) in [6.07, 6.45) is 0. The van der Waals surface area contributed by atoms with Crippen molar-refractivity contribution in [2.24, 2.45) is 5.73 Å². The molecule has 0 unspecified atom stereocenters. The molecule has 0 radical (unpaired) electrons. The molecule has 0 spiro atoms. The van der Waals surface area contributed by atoms with Gasteiger partial charge in [-0.05, 0) is 35.7 Å². The van der Waals surface area contributed by atoms with Crippen molar-refractivity contribution in [1.82, 2.24) is 0 Å². The SMILES string of the molecule is COc1ccccc1OCc1ccc(CN)cc1C. The van der Waals surface area contributed by atoms with Gasteiger partial charge in [0.05, 0.1) is 7.11 Å². The maximum Gasteiger partial charge on any atom is 0.161 e. The Hall–Kier alpha value is -2.00. The van der Waals surface area contributed by atoms with Gasteiger partial charge < -0.3 is 15.2 Å². The summed E-state index contributed by atoms with van der Waals surface area (Å²) >= 11 is 0. The summed E-state index contributed by atoms with van der Waals surface area (Å²) in [5.41, 5.74) is 9.11. The first kappa shape index (κ1) is 13.4. The molecular formula is C16H19NO2. The van der Waals surface area contributed by atoms with Crippen molar-refractivity contribution in [1.29, 1.82) is 0 Å². The van der Waals surface area contributed by atoms with Gasteiger partial charge in [-0.25, -0.2) is 0 Å². The maximum absolute atomic E-state index is 5.81. The average Bonchev–Trinajstić information content (AvgIpc) is 2.46. The first-order valence-electron chi connectivity index (χ1n) is 6.29. The normalized spacial score (nSPS) is 10.3. The van der Waals surface area contributed by atoms with E-state index in [-0.39, 0.29) is 0 Å². The summed E-state index contributed by atoms with van der Waals surface area (Å²) in [6, 6.07) is 13.8. The third kappa shape index (κ3) is 3.26. The maximum atomic E-state index is 5.81. The van der Waals surface area contributed by atoms with Crippen molar-refractivity contribution in [3.8, 4) is 11.5 Å². The van der Waals surface area contributed by atoms with Gasteiger partial charge in [0.1, 0.15) is 6.61 Å². The number of para-hydroxylation sites is 2. The van der Waals surface area contributed by atoms with E-state index in [0.717, 1.165) is 22.6 Å². The molecule has 3 nitrogen and oxygen atoms in total. The number of hydrogen-bond donors (Lipinski definition) is 1. The molecule has 0 aliphatic heterocycles. The number of methoxy groups -OCH3 is 1. The highest BCUT2D eigenvalue weighted by atomic mass is 16.5. The van der Waals surface area contributed by atoms with E-state index < -0.39 is 0 Å². The molecule has 0 saturated carbocycles. The third-order valence-electron chi connectivity index (χ3n) is 3.09. The van der Waals surface area contributed by atoms with Crippen molar-refractivity contribution >= 4 is 0 Å². The van der Waals surface area contributed by atoms with E-state index in [0.29, 0.717) is 13.2 Å². The van der Waals surface area contributed by atoms with Crippen LogP contribution >= 0.6 is 0 Å². The first-order valence-corrected chi connectivity index (χ1v) is 6.29. The van der Waals surface area contributed by atoms with Crippen LogP contribution in [0, 0.1) is 6.92 Å². The highest BCUT2D eigenvalue weighted by molar-refractivity contribution is 5.40. The van der Waals surface area contributed by atoms with E-state index in [1.54, 1.807) is 7.11 Å². The lowest BCUT2D eigenvalue weighted by Gasteiger charge is -2.12. The lowest BCUT2D eigenvalue weighted by atomic mass is 10.1. The summed E-state index contributed by atoms with van der Waals surface area (Å²) < 4.78 is 11.1. The molecule has 0 aromatic heterocycles. The van der Waals surface area contributed by atoms with Crippen LogP contribution in [0.2, 0.25) is 0 Å². The highest BCUT2D eigenvalue weighted by Gasteiger charge is 2.05. The van der Waals surface area contributed by atoms with Crippen molar-refractivity contribution in [2.75, 3.05) is 7.11 Å². The van der Waals surface area contributed by atoms with E-state index in [1.807, 2.05) is 30.3 Å². The van der Waals surface area contributed by atoms with Crippen LogP contribution in [-0.2, 0) is 13.2 Å². The molecule has 0 fully saturated rings. The van der Waals surface area contributed by atoms with E-state index in [2.05, 4.69) is 19.1 Å². The third-order valence-corrected chi connectivity index (χ3v) is 3.09. The minimum Gasteiger partial charge on any atom is -0.493 e. The van der Waals surface area contributed by atoms with Crippen LogP contribution in [0.4, 0.5) is 0 Å². The summed E-state index contributed by atoms with van der Waals surface area (Å²) in [7, 11) is 1.64. The van der Waals surface area contributed by atoms with E-state index in [1.165, 1.54) is 5.56 Å². The summed E-state index contributed by atoms with van der Waals surface area (Å²) in [6.45, 7) is 3.16. The average molecular weight is 257 g/mol. The predicted molar refractivity (Wildman–Crippen MR) is 76.4 cm³/mol. The van der Waals surface area contributed by atoms with Crippen LogP contribution in [0.1, 0.15) is 16.7 Å². The Morgan fingerprint density at radius 3 is 2.42 bits per heavy atom. The smallest absolute Gasteiger partial charge is 0.161 e. The second kappa shape index (κ2) is 6.25. The Bertz CT molecular complexity index is 552. The predicted octanol–water partition coefficient (Wildman–Crippen LogP) is 3.04. The molecule has 0 bridgehead atoms. The lowest BCUT2D eigenvalue weighted by molar-refractivity contribution is 0.284. The summed E-state index contributed by atoms with van der Waals surface area (Å²) in [5, 5.41) is 0. The quantitative estimate of drug-likeness (QED) is 0.895. The number of rotatable bonds is 5. The summed E-state index contributed by atoms with van der Waals surface area (Å²) in [4.78, 5) is 0. The van der Waals surface area contributed by atoms with E-state index >= 15 is 0 Å². The molecule has 100 valence electrons. The number of ether oxygens (including phenoxy) is 2. The van der Waals surface area contributed by atoms with Gasteiger partial charge in [0.15, 0.2) is 11.5 Å². The van der Waals surface area contributed by atoms with Gasteiger partial charge >= 0.3 is 0 Å². The molecule has 2 aromatic rings. The van der Waals surface area contributed by atoms with Gasteiger partial charge in [0, 0.05) is 6.54 Å². The van der Waals surface area contributed by atoms with Gasteiger partial charge in [-0.15, -0.1) is 0 Å². The summed E-state index contributed by atoms with van der Waals surface area (Å²) in [5.74, 6) is 1.51. The molecule has 0 aliphatic rings. The Kier molecular flexibility index (Phi) is 4.42. The standard InChI is InChI=1S/C16H19NO2/c1-12-9-13(10-17)7-8-14(12)11-19-16-6-4-3-5-15(16)18-2/h3-9H,10-11,17H2,1-2H3. The Labute approximate surface area is 114 Å². The lowest BCUT2D eigenvalue weighted by Crippen LogP contribution is -2.02. The van der Waals surface area contributed by atoms with Crippen molar-refractivity contribution in [3.63, 3.8) is 0 Å². The Balaban J connectivity index is 2.10. The molecule has 19 heavy (non-hydrogen) atoms. The minimum atomic E-state index is 0.525. The second-order valence-corrected chi connectivity index (χ2v) is 4.40. The van der Waals surface area contributed by atoms with Crippen LogP contribution in [0.15, 0.2) is 42.5 Å². The fourth-order valence-electron chi connectivity index (χ4n) is 1.94. The minimum absolute atomic E-state index is 0.525. The van der Waals surface area contributed by atoms with Gasteiger partial charge in [-0.3, -0.25) is 0 Å². The molecule has 2 N–H and O–H groups in total.